The van der Waals surface area contributed by atoms with Gasteiger partial charge in [0, 0.05) is 5.56 Å². The molecule has 1 unspecified atom stereocenters. The molecule has 0 saturated carbocycles. The predicted molar refractivity (Wildman–Crippen MR) is 68.3 cm³/mol. The Morgan fingerprint density at radius 3 is 2.16 bits per heavy atom. The van der Waals surface area contributed by atoms with Crippen LogP contribution in [0.1, 0.15) is 28.3 Å². The maximum Gasteiger partial charge on any atom is 0.128 e. The second kappa shape index (κ2) is 5.05. The number of hydrogen-bond acceptors (Lipinski definition) is 1. The van der Waals surface area contributed by atoms with Gasteiger partial charge in [0.15, 0.2) is 0 Å². The molecule has 2 aromatic carbocycles. The van der Waals surface area contributed by atoms with Gasteiger partial charge in [0.05, 0.1) is 6.04 Å². The van der Waals surface area contributed by atoms with Gasteiger partial charge in [-0.1, -0.05) is 6.07 Å². The third-order valence-electron chi connectivity index (χ3n) is 3.18. The largest absolute Gasteiger partial charge is 0.320 e. The van der Waals surface area contributed by atoms with Crippen LogP contribution in [0.15, 0.2) is 30.3 Å². The van der Waals surface area contributed by atoms with E-state index < -0.39 is 17.7 Å². The van der Waals surface area contributed by atoms with Gasteiger partial charge in [-0.2, -0.15) is 0 Å². The highest BCUT2D eigenvalue weighted by Gasteiger charge is 2.17. The van der Waals surface area contributed by atoms with E-state index in [9.17, 15) is 13.2 Å². The molecular formula is C15H14F3N. The molecule has 0 spiro atoms. The molecule has 2 aromatic rings. The van der Waals surface area contributed by atoms with Crippen LogP contribution >= 0.6 is 0 Å². The van der Waals surface area contributed by atoms with Crippen molar-refractivity contribution >= 4 is 0 Å². The van der Waals surface area contributed by atoms with E-state index >= 15 is 0 Å². The van der Waals surface area contributed by atoms with Crippen molar-refractivity contribution in [3.05, 3.63) is 70.0 Å². The van der Waals surface area contributed by atoms with Crippen molar-refractivity contribution in [1.29, 1.82) is 0 Å². The lowest BCUT2D eigenvalue weighted by atomic mass is 9.94. The summed E-state index contributed by atoms with van der Waals surface area (Å²) < 4.78 is 40.4. The van der Waals surface area contributed by atoms with E-state index in [2.05, 4.69) is 0 Å². The Kier molecular flexibility index (Phi) is 3.62. The Bertz CT molecular complexity index is 623. The zero-order valence-corrected chi connectivity index (χ0v) is 10.7. The minimum atomic E-state index is -0.823. The fraction of sp³-hybridized carbons (Fsp3) is 0.200. The molecule has 0 fully saturated rings. The molecule has 0 radical (unpaired) electrons. The quantitative estimate of drug-likeness (QED) is 0.878. The Balaban J connectivity index is 2.49. The maximum atomic E-state index is 13.9. The van der Waals surface area contributed by atoms with E-state index in [1.807, 2.05) is 0 Å². The predicted octanol–water partition coefficient (Wildman–Crippen LogP) is 3.77. The summed E-state index contributed by atoms with van der Waals surface area (Å²) in [6.07, 6.45) is 0. The lowest BCUT2D eigenvalue weighted by Crippen LogP contribution is -2.15. The topological polar surface area (TPSA) is 26.0 Å². The summed E-state index contributed by atoms with van der Waals surface area (Å²) >= 11 is 0. The molecule has 2 N–H and O–H groups in total. The van der Waals surface area contributed by atoms with Gasteiger partial charge in [-0.15, -0.1) is 0 Å². The molecule has 0 heterocycles. The Labute approximate surface area is 109 Å². The van der Waals surface area contributed by atoms with Crippen molar-refractivity contribution in [2.75, 3.05) is 0 Å². The first-order valence-electron chi connectivity index (χ1n) is 5.87. The Hall–Kier alpha value is -1.81. The molecule has 0 bridgehead atoms. The maximum absolute atomic E-state index is 13.9. The van der Waals surface area contributed by atoms with Crippen LogP contribution < -0.4 is 5.73 Å². The van der Waals surface area contributed by atoms with E-state index in [0.29, 0.717) is 11.1 Å². The molecule has 0 aliphatic carbocycles. The highest BCUT2D eigenvalue weighted by atomic mass is 19.1. The summed E-state index contributed by atoms with van der Waals surface area (Å²) in [7, 11) is 0. The number of rotatable bonds is 2. The number of nitrogens with two attached hydrogens (primary N) is 1. The molecule has 0 amide bonds. The fourth-order valence-electron chi connectivity index (χ4n) is 2.06. The first-order valence-corrected chi connectivity index (χ1v) is 5.87. The smallest absolute Gasteiger partial charge is 0.128 e. The number of benzene rings is 2. The van der Waals surface area contributed by atoms with Crippen LogP contribution in [-0.2, 0) is 0 Å². The average Bonchev–Trinajstić information content (AvgIpc) is 2.33. The third kappa shape index (κ3) is 2.63. The van der Waals surface area contributed by atoms with E-state index in [1.165, 1.54) is 25.1 Å². The normalized spacial score (nSPS) is 12.5. The molecule has 19 heavy (non-hydrogen) atoms. The second-order valence-electron chi connectivity index (χ2n) is 4.60. The van der Waals surface area contributed by atoms with Crippen LogP contribution in [0, 0.1) is 31.3 Å². The first-order chi connectivity index (χ1) is 8.90. The zero-order chi connectivity index (χ0) is 14.2. The summed E-state index contributed by atoms with van der Waals surface area (Å²) in [6.45, 7) is 3.16. The molecule has 1 nitrogen and oxygen atoms in total. The zero-order valence-electron chi connectivity index (χ0n) is 10.7. The molecule has 0 aromatic heterocycles. The SMILES string of the molecule is Cc1cc(F)c(C(N)c2ccc(F)cc2C)cc1F. The molecule has 100 valence electrons. The minimum Gasteiger partial charge on any atom is -0.320 e. The standard InChI is InChI=1S/C15H14F3N/c1-8-5-10(16)3-4-11(8)15(19)12-7-13(17)9(2)6-14(12)18/h3-7,15H,19H2,1-2H3. The summed E-state index contributed by atoms with van der Waals surface area (Å²) in [5, 5.41) is 0. The van der Waals surface area contributed by atoms with Crippen molar-refractivity contribution in [3.8, 4) is 0 Å². The summed E-state index contributed by atoms with van der Waals surface area (Å²) in [6, 6.07) is 5.45. The van der Waals surface area contributed by atoms with Crippen molar-refractivity contribution < 1.29 is 13.2 Å². The number of halogens is 3. The fourth-order valence-corrected chi connectivity index (χ4v) is 2.06. The molecule has 2 rings (SSSR count). The van der Waals surface area contributed by atoms with Gasteiger partial charge in [0.25, 0.3) is 0 Å². The van der Waals surface area contributed by atoms with E-state index in [0.717, 1.165) is 12.1 Å². The third-order valence-corrected chi connectivity index (χ3v) is 3.18. The first kappa shape index (κ1) is 13.6. The minimum absolute atomic E-state index is 0.0674. The molecule has 0 aliphatic rings. The molecule has 1 atom stereocenters. The van der Waals surface area contributed by atoms with Gasteiger partial charge in [-0.05, 0) is 54.8 Å². The van der Waals surface area contributed by atoms with Crippen molar-refractivity contribution in [2.24, 2.45) is 5.73 Å². The monoisotopic (exact) mass is 265 g/mol. The number of hydrogen-bond donors (Lipinski definition) is 1. The second-order valence-corrected chi connectivity index (χ2v) is 4.60. The van der Waals surface area contributed by atoms with Gasteiger partial charge in [-0.25, -0.2) is 13.2 Å². The number of aryl methyl sites for hydroxylation is 2. The van der Waals surface area contributed by atoms with Crippen molar-refractivity contribution in [2.45, 2.75) is 19.9 Å². The van der Waals surface area contributed by atoms with Crippen LogP contribution in [0.3, 0.4) is 0 Å². The van der Waals surface area contributed by atoms with E-state index in [4.69, 9.17) is 5.73 Å². The Morgan fingerprint density at radius 1 is 0.842 bits per heavy atom. The van der Waals surface area contributed by atoms with E-state index in [1.54, 1.807) is 6.92 Å². The average molecular weight is 265 g/mol. The highest BCUT2D eigenvalue weighted by Crippen LogP contribution is 2.27. The lowest BCUT2D eigenvalue weighted by Gasteiger charge is -2.16. The highest BCUT2D eigenvalue weighted by molar-refractivity contribution is 5.38. The van der Waals surface area contributed by atoms with Gasteiger partial charge < -0.3 is 5.73 Å². The summed E-state index contributed by atoms with van der Waals surface area (Å²) in [4.78, 5) is 0. The molecular weight excluding hydrogens is 251 g/mol. The molecule has 0 aliphatic heterocycles. The lowest BCUT2D eigenvalue weighted by molar-refractivity contribution is 0.570. The van der Waals surface area contributed by atoms with E-state index in [-0.39, 0.29) is 16.9 Å². The summed E-state index contributed by atoms with van der Waals surface area (Å²) in [5.41, 5.74) is 7.43. The van der Waals surface area contributed by atoms with Crippen LogP contribution in [0.2, 0.25) is 0 Å². The van der Waals surface area contributed by atoms with Gasteiger partial charge in [0.1, 0.15) is 17.5 Å². The molecule has 0 saturated heterocycles. The van der Waals surface area contributed by atoms with Crippen molar-refractivity contribution in [3.63, 3.8) is 0 Å². The van der Waals surface area contributed by atoms with Crippen LogP contribution in [-0.4, -0.2) is 0 Å². The van der Waals surface area contributed by atoms with Crippen LogP contribution in [0.5, 0.6) is 0 Å². The Morgan fingerprint density at radius 2 is 1.53 bits per heavy atom. The van der Waals surface area contributed by atoms with Gasteiger partial charge in [0.2, 0.25) is 0 Å². The van der Waals surface area contributed by atoms with Crippen molar-refractivity contribution in [1.82, 2.24) is 0 Å². The summed E-state index contributed by atoms with van der Waals surface area (Å²) in [5.74, 6) is -1.45. The van der Waals surface area contributed by atoms with Gasteiger partial charge in [-0.3, -0.25) is 0 Å². The van der Waals surface area contributed by atoms with Gasteiger partial charge >= 0.3 is 0 Å². The molecule has 4 heteroatoms. The van der Waals surface area contributed by atoms with Crippen LogP contribution in [0.4, 0.5) is 13.2 Å². The van der Waals surface area contributed by atoms with Crippen LogP contribution in [0.25, 0.3) is 0 Å².